The van der Waals surface area contributed by atoms with Crippen molar-refractivity contribution < 1.29 is 9.59 Å². The Hall–Kier alpha value is -2.16. The van der Waals surface area contributed by atoms with Gasteiger partial charge in [-0.1, -0.05) is 6.07 Å². The van der Waals surface area contributed by atoms with Gasteiger partial charge < -0.3 is 15.5 Å². The van der Waals surface area contributed by atoms with E-state index in [9.17, 15) is 9.59 Å². The number of amides is 2. The zero-order chi connectivity index (χ0) is 19.4. The number of halogens is 2. The highest BCUT2D eigenvalue weighted by Crippen LogP contribution is 2.22. The Bertz CT molecular complexity index is 803. The van der Waals surface area contributed by atoms with Crippen molar-refractivity contribution in [3.05, 3.63) is 41.9 Å². The molecule has 0 bridgehead atoms. The summed E-state index contributed by atoms with van der Waals surface area (Å²) in [5.41, 5.74) is 1.89. The molecule has 1 unspecified atom stereocenters. The van der Waals surface area contributed by atoms with E-state index >= 15 is 0 Å². The van der Waals surface area contributed by atoms with Crippen molar-refractivity contribution in [3.63, 3.8) is 0 Å². The van der Waals surface area contributed by atoms with E-state index in [2.05, 4.69) is 20.7 Å². The lowest BCUT2D eigenvalue weighted by Gasteiger charge is -2.33. The molecule has 10 heteroatoms. The minimum Gasteiger partial charge on any atom is -0.341 e. The van der Waals surface area contributed by atoms with E-state index in [0.29, 0.717) is 31.7 Å². The van der Waals surface area contributed by atoms with E-state index in [-0.39, 0.29) is 42.5 Å². The summed E-state index contributed by atoms with van der Waals surface area (Å²) in [6, 6.07) is 3.30. The van der Waals surface area contributed by atoms with Crippen LogP contribution >= 0.6 is 24.8 Å². The molecule has 2 amide bonds. The largest absolute Gasteiger partial charge is 0.341 e. The first-order valence-corrected chi connectivity index (χ1v) is 9.16. The first-order valence-electron chi connectivity index (χ1n) is 9.16. The van der Waals surface area contributed by atoms with Crippen LogP contribution < -0.4 is 10.6 Å². The average molecular weight is 443 g/mol. The third-order valence-corrected chi connectivity index (χ3v) is 4.93. The minimum absolute atomic E-state index is 0. The van der Waals surface area contributed by atoms with E-state index in [0.717, 1.165) is 11.1 Å². The van der Waals surface area contributed by atoms with Crippen molar-refractivity contribution in [2.45, 2.75) is 25.8 Å². The summed E-state index contributed by atoms with van der Waals surface area (Å²) >= 11 is 0. The van der Waals surface area contributed by atoms with E-state index in [1.54, 1.807) is 30.2 Å². The number of anilines is 1. The van der Waals surface area contributed by atoms with Crippen LogP contribution in [0.1, 0.15) is 30.0 Å². The van der Waals surface area contributed by atoms with Gasteiger partial charge in [-0.15, -0.1) is 24.8 Å². The molecule has 0 radical (unpaired) electrons. The fourth-order valence-electron chi connectivity index (χ4n) is 3.34. The maximum absolute atomic E-state index is 12.9. The minimum atomic E-state index is -0.416. The number of pyridine rings is 1. The van der Waals surface area contributed by atoms with Crippen LogP contribution in [-0.4, -0.2) is 51.6 Å². The van der Waals surface area contributed by atoms with E-state index in [4.69, 9.17) is 0 Å². The summed E-state index contributed by atoms with van der Waals surface area (Å²) in [5, 5.41) is 10.1. The number of piperidine rings is 1. The molecular weight excluding hydrogens is 415 g/mol. The number of nitrogens with one attached hydrogen (secondary N) is 2. The highest BCUT2D eigenvalue weighted by Gasteiger charge is 2.31. The number of hydrogen-bond acceptors (Lipinski definition) is 5. The molecule has 1 saturated heterocycles. The van der Waals surface area contributed by atoms with Crippen molar-refractivity contribution in [2.75, 3.05) is 25.5 Å². The molecule has 1 atom stereocenters. The Kier molecular flexibility index (Phi) is 9.55. The Balaban J connectivity index is 0.00000210. The molecule has 160 valence electrons. The number of aromatic nitrogens is 3. The molecule has 1 aliphatic rings. The fraction of sp³-hybridized carbons (Fsp3) is 0.474. The zero-order valence-corrected chi connectivity index (χ0v) is 18.4. The number of likely N-dealkylation sites (N-methyl/N-ethyl adjacent to an activating group) is 1. The number of aryl methyl sites for hydroxylation is 2. The average Bonchev–Trinajstić information content (AvgIpc) is 3.10. The second-order valence-corrected chi connectivity index (χ2v) is 6.98. The Morgan fingerprint density at radius 2 is 1.86 bits per heavy atom. The van der Waals surface area contributed by atoms with Crippen LogP contribution in [0.2, 0.25) is 0 Å². The van der Waals surface area contributed by atoms with Crippen molar-refractivity contribution in [1.82, 2.24) is 25.0 Å². The van der Waals surface area contributed by atoms with E-state index in [1.165, 1.54) is 0 Å². The number of likely N-dealkylation sites (tertiary alicyclic amines) is 1. The summed E-state index contributed by atoms with van der Waals surface area (Å²) < 4.78 is 1.68. The molecule has 0 spiro atoms. The topological polar surface area (TPSA) is 92.2 Å². The van der Waals surface area contributed by atoms with Gasteiger partial charge in [-0.25, -0.2) is 4.98 Å². The molecule has 0 saturated carbocycles. The number of rotatable bonds is 5. The maximum Gasteiger partial charge on any atom is 0.244 e. The number of carbonyl (C=O) groups excluding carboxylic acids is 2. The normalized spacial score (nSPS) is 15.1. The first-order chi connectivity index (χ1) is 13.0. The maximum atomic E-state index is 12.9. The molecule has 2 N–H and O–H groups in total. The van der Waals surface area contributed by atoms with Gasteiger partial charge in [0.25, 0.3) is 0 Å². The van der Waals surface area contributed by atoms with Crippen molar-refractivity contribution in [3.8, 4) is 0 Å². The quantitative estimate of drug-likeness (QED) is 0.739. The van der Waals surface area contributed by atoms with Crippen molar-refractivity contribution in [2.24, 2.45) is 13.0 Å². The Morgan fingerprint density at radius 1 is 1.17 bits per heavy atom. The molecule has 2 aromatic rings. The summed E-state index contributed by atoms with van der Waals surface area (Å²) in [6.45, 7) is 3.09. The molecule has 2 aromatic heterocycles. The number of carbonyl (C=O) groups is 2. The monoisotopic (exact) mass is 442 g/mol. The van der Waals surface area contributed by atoms with Crippen molar-refractivity contribution in [1.29, 1.82) is 0 Å². The van der Waals surface area contributed by atoms with Crippen LogP contribution in [-0.2, 0) is 16.6 Å². The third kappa shape index (κ3) is 6.16. The number of nitrogens with zero attached hydrogens (tertiary/aromatic N) is 4. The molecule has 3 heterocycles. The lowest BCUT2D eigenvalue weighted by atomic mass is 9.95. The lowest BCUT2D eigenvalue weighted by Crippen LogP contribution is -2.45. The molecule has 0 aliphatic carbocycles. The summed E-state index contributed by atoms with van der Waals surface area (Å²) in [6.07, 6.45) is 6.56. The highest BCUT2D eigenvalue weighted by atomic mass is 35.5. The standard InChI is InChI=1S/C19H26N6O2.2ClH/c1-13-4-5-16(21-10-13)23-18(26)14-6-8-25(9-7-14)19(27)17(20-2)15-11-22-24(3)12-15;;/h4-5,10-12,14,17,20H,6-9H2,1-3H3,(H,21,23,26);2*1H. The van der Waals surface area contributed by atoms with Gasteiger partial charge in [0.2, 0.25) is 11.8 Å². The predicted octanol–water partition coefficient (Wildman–Crippen LogP) is 2.10. The van der Waals surface area contributed by atoms with Gasteiger partial charge in [-0.05, 0) is 38.4 Å². The third-order valence-electron chi connectivity index (χ3n) is 4.93. The molecule has 0 aromatic carbocycles. The highest BCUT2D eigenvalue weighted by molar-refractivity contribution is 5.92. The van der Waals surface area contributed by atoms with Crippen LogP contribution in [0.25, 0.3) is 0 Å². The second kappa shape index (κ2) is 11.1. The molecule has 1 aliphatic heterocycles. The number of hydrogen-bond donors (Lipinski definition) is 2. The van der Waals surface area contributed by atoms with Crippen LogP contribution in [0.3, 0.4) is 0 Å². The van der Waals surface area contributed by atoms with Crippen molar-refractivity contribution >= 4 is 42.4 Å². The van der Waals surface area contributed by atoms with Crippen LogP contribution in [0.5, 0.6) is 0 Å². The van der Waals surface area contributed by atoms with Gasteiger partial charge in [0.15, 0.2) is 0 Å². The van der Waals surface area contributed by atoms with Gasteiger partial charge in [-0.2, -0.15) is 5.10 Å². The zero-order valence-electron chi connectivity index (χ0n) is 16.8. The molecule has 8 nitrogen and oxygen atoms in total. The van der Waals surface area contributed by atoms with Gasteiger partial charge in [0.05, 0.1) is 6.20 Å². The summed E-state index contributed by atoms with van der Waals surface area (Å²) in [7, 11) is 3.60. The molecular formula is C19H28Cl2N6O2. The smallest absolute Gasteiger partial charge is 0.244 e. The molecule has 1 fully saturated rings. The Morgan fingerprint density at radius 3 is 2.38 bits per heavy atom. The molecule has 29 heavy (non-hydrogen) atoms. The van der Waals surface area contributed by atoms with Gasteiger partial charge in [0.1, 0.15) is 11.9 Å². The van der Waals surface area contributed by atoms with Crippen LogP contribution in [0.4, 0.5) is 5.82 Å². The van der Waals surface area contributed by atoms with Crippen LogP contribution in [0, 0.1) is 12.8 Å². The fourth-order valence-corrected chi connectivity index (χ4v) is 3.34. The SMILES string of the molecule is CNC(C(=O)N1CCC(C(=O)Nc2ccc(C)cn2)CC1)c1cnn(C)c1.Cl.Cl. The second-order valence-electron chi connectivity index (χ2n) is 6.98. The van der Waals surface area contributed by atoms with Crippen LogP contribution in [0.15, 0.2) is 30.7 Å². The van der Waals surface area contributed by atoms with Gasteiger partial charge in [-0.3, -0.25) is 14.3 Å². The van der Waals surface area contributed by atoms with Gasteiger partial charge in [0, 0.05) is 44.0 Å². The predicted molar refractivity (Wildman–Crippen MR) is 116 cm³/mol. The Labute approximate surface area is 183 Å². The first kappa shape index (κ1) is 24.9. The van der Waals surface area contributed by atoms with Gasteiger partial charge >= 0.3 is 0 Å². The van der Waals surface area contributed by atoms with E-state index in [1.807, 2.05) is 31.1 Å². The lowest BCUT2D eigenvalue weighted by molar-refractivity contribution is -0.136. The van der Waals surface area contributed by atoms with E-state index < -0.39 is 6.04 Å². The summed E-state index contributed by atoms with van der Waals surface area (Å²) in [4.78, 5) is 31.4. The summed E-state index contributed by atoms with van der Waals surface area (Å²) in [5.74, 6) is 0.444. The molecule has 3 rings (SSSR count).